The van der Waals surface area contributed by atoms with Gasteiger partial charge in [0.05, 0.1) is 5.60 Å². The molecule has 0 aromatic heterocycles. The molecule has 2 rings (SSSR count). The molecule has 0 atom stereocenters. The average Bonchev–Trinajstić information content (AvgIpc) is 2.36. The molecule has 1 saturated carbocycles. The van der Waals surface area contributed by atoms with Gasteiger partial charge in [-0.05, 0) is 31.2 Å². The summed E-state index contributed by atoms with van der Waals surface area (Å²) >= 11 is 0. The monoisotopic (exact) mass is 264 g/mol. The van der Waals surface area contributed by atoms with Gasteiger partial charge in [0.1, 0.15) is 6.61 Å². The first-order valence-electron chi connectivity index (χ1n) is 6.85. The summed E-state index contributed by atoms with van der Waals surface area (Å²) in [4.78, 5) is 10.8. The Morgan fingerprint density at radius 1 is 1.37 bits per heavy atom. The fourth-order valence-corrected chi connectivity index (χ4v) is 2.28. The van der Waals surface area contributed by atoms with E-state index in [0.29, 0.717) is 13.0 Å². The molecule has 0 spiro atoms. The molecule has 1 aliphatic carbocycles. The topological polar surface area (TPSA) is 46.5 Å². The predicted octanol–water partition coefficient (Wildman–Crippen LogP) is 3.31. The Balaban J connectivity index is 0.000000218. The number of rotatable bonds is 3. The molecule has 0 radical (unpaired) electrons. The number of ether oxygens (including phenoxy) is 1. The maximum Gasteiger partial charge on any atom is 0.305 e. The zero-order chi connectivity index (χ0) is 14.3. The van der Waals surface area contributed by atoms with E-state index in [-0.39, 0.29) is 11.6 Å². The molecular weight excluding hydrogens is 240 g/mol. The van der Waals surface area contributed by atoms with E-state index in [4.69, 9.17) is 9.84 Å². The molecule has 0 bridgehead atoms. The Morgan fingerprint density at radius 3 is 2.32 bits per heavy atom. The average molecular weight is 264 g/mol. The molecule has 1 aliphatic rings. The van der Waals surface area contributed by atoms with Crippen molar-refractivity contribution in [1.82, 2.24) is 0 Å². The second-order valence-corrected chi connectivity index (χ2v) is 5.51. The SMILES string of the molecule is CC1CC(C)(O)C1.CCC(=O)OCc1ccccc1. The smallest absolute Gasteiger partial charge is 0.305 e. The van der Waals surface area contributed by atoms with Crippen LogP contribution in [0.1, 0.15) is 45.6 Å². The van der Waals surface area contributed by atoms with Gasteiger partial charge in [0, 0.05) is 6.42 Å². The van der Waals surface area contributed by atoms with Gasteiger partial charge in [-0.25, -0.2) is 0 Å². The standard InChI is InChI=1S/C10H12O2.C6H12O/c1-2-10(11)12-8-9-6-4-3-5-7-9;1-5-3-6(2,7)4-5/h3-7H,2,8H2,1H3;5,7H,3-4H2,1-2H3. The van der Waals surface area contributed by atoms with Crippen LogP contribution in [0.3, 0.4) is 0 Å². The van der Waals surface area contributed by atoms with Crippen molar-refractivity contribution < 1.29 is 14.6 Å². The van der Waals surface area contributed by atoms with E-state index < -0.39 is 0 Å². The Kier molecular flexibility index (Phi) is 6.03. The van der Waals surface area contributed by atoms with Crippen LogP contribution in [0.5, 0.6) is 0 Å². The molecule has 0 amide bonds. The number of aliphatic hydroxyl groups is 1. The van der Waals surface area contributed by atoms with Gasteiger partial charge in [0.15, 0.2) is 0 Å². The minimum atomic E-state index is -0.306. The first-order chi connectivity index (χ1) is 8.93. The van der Waals surface area contributed by atoms with Crippen molar-refractivity contribution in [2.45, 2.75) is 52.2 Å². The normalized spacial score (nSPS) is 24.7. The molecule has 3 heteroatoms. The third-order valence-electron chi connectivity index (χ3n) is 3.11. The van der Waals surface area contributed by atoms with Crippen LogP contribution in [-0.4, -0.2) is 16.7 Å². The Hall–Kier alpha value is -1.35. The summed E-state index contributed by atoms with van der Waals surface area (Å²) in [6.07, 6.45) is 2.42. The lowest BCUT2D eigenvalue weighted by Gasteiger charge is -2.38. The van der Waals surface area contributed by atoms with Crippen molar-refractivity contribution >= 4 is 5.97 Å². The zero-order valence-electron chi connectivity index (χ0n) is 12.1. The molecule has 106 valence electrons. The van der Waals surface area contributed by atoms with Crippen LogP contribution >= 0.6 is 0 Å². The fourth-order valence-electron chi connectivity index (χ4n) is 2.28. The zero-order valence-corrected chi connectivity index (χ0v) is 12.1. The molecular formula is C16H24O3. The first kappa shape index (κ1) is 15.7. The lowest BCUT2D eigenvalue weighted by Crippen LogP contribution is -2.39. The van der Waals surface area contributed by atoms with Crippen LogP contribution in [0, 0.1) is 5.92 Å². The highest BCUT2D eigenvalue weighted by Gasteiger charge is 2.34. The van der Waals surface area contributed by atoms with Crippen molar-refractivity contribution in [2.24, 2.45) is 5.92 Å². The summed E-state index contributed by atoms with van der Waals surface area (Å²) in [5.41, 5.74) is 0.721. The van der Waals surface area contributed by atoms with Crippen molar-refractivity contribution in [2.75, 3.05) is 0 Å². The van der Waals surface area contributed by atoms with Gasteiger partial charge < -0.3 is 9.84 Å². The second-order valence-electron chi connectivity index (χ2n) is 5.51. The van der Waals surface area contributed by atoms with E-state index in [2.05, 4.69) is 6.92 Å². The number of esters is 1. The molecule has 1 fully saturated rings. The molecule has 0 unspecified atom stereocenters. The van der Waals surface area contributed by atoms with Gasteiger partial charge in [0.25, 0.3) is 0 Å². The minimum Gasteiger partial charge on any atom is -0.461 e. The molecule has 19 heavy (non-hydrogen) atoms. The van der Waals surface area contributed by atoms with Crippen LogP contribution in [0.4, 0.5) is 0 Å². The number of benzene rings is 1. The maximum absolute atomic E-state index is 10.8. The predicted molar refractivity (Wildman–Crippen MR) is 75.6 cm³/mol. The summed E-state index contributed by atoms with van der Waals surface area (Å²) in [6.45, 7) is 6.23. The van der Waals surface area contributed by atoms with E-state index >= 15 is 0 Å². The Morgan fingerprint density at radius 2 is 1.95 bits per heavy atom. The van der Waals surface area contributed by atoms with Gasteiger partial charge in [-0.3, -0.25) is 4.79 Å². The molecule has 0 aliphatic heterocycles. The third kappa shape index (κ3) is 6.39. The van der Waals surface area contributed by atoms with Crippen molar-refractivity contribution in [3.63, 3.8) is 0 Å². The molecule has 1 aromatic rings. The van der Waals surface area contributed by atoms with Gasteiger partial charge in [0.2, 0.25) is 0 Å². The van der Waals surface area contributed by atoms with E-state index in [1.807, 2.05) is 37.3 Å². The highest BCUT2D eigenvalue weighted by molar-refractivity contribution is 5.68. The second kappa shape index (κ2) is 7.29. The quantitative estimate of drug-likeness (QED) is 0.852. The highest BCUT2D eigenvalue weighted by atomic mass is 16.5. The number of carbonyl (C=O) groups is 1. The molecule has 1 aromatic carbocycles. The third-order valence-corrected chi connectivity index (χ3v) is 3.11. The van der Waals surface area contributed by atoms with Crippen LogP contribution < -0.4 is 0 Å². The van der Waals surface area contributed by atoms with Gasteiger partial charge in [-0.15, -0.1) is 0 Å². The maximum atomic E-state index is 10.8. The first-order valence-corrected chi connectivity index (χ1v) is 6.85. The minimum absolute atomic E-state index is 0.154. The number of carbonyl (C=O) groups excluding carboxylic acids is 1. The van der Waals surface area contributed by atoms with Gasteiger partial charge in [-0.2, -0.15) is 0 Å². The Bertz CT molecular complexity index is 376. The van der Waals surface area contributed by atoms with Crippen LogP contribution in [0.25, 0.3) is 0 Å². The number of hydrogen-bond acceptors (Lipinski definition) is 3. The van der Waals surface area contributed by atoms with Crippen molar-refractivity contribution in [1.29, 1.82) is 0 Å². The summed E-state index contributed by atoms with van der Waals surface area (Å²) in [7, 11) is 0. The fraction of sp³-hybridized carbons (Fsp3) is 0.562. The molecule has 0 saturated heterocycles. The molecule has 1 N–H and O–H groups in total. The van der Waals surface area contributed by atoms with Gasteiger partial charge >= 0.3 is 5.97 Å². The van der Waals surface area contributed by atoms with Gasteiger partial charge in [-0.1, -0.05) is 44.2 Å². The lowest BCUT2D eigenvalue weighted by molar-refractivity contribution is -0.144. The van der Waals surface area contributed by atoms with Crippen LogP contribution in [0.2, 0.25) is 0 Å². The van der Waals surface area contributed by atoms with Crippen LogP contribution in [0.15, 0.2) is 30.3 Å². The summed E-state index contributed by atoms with van der Waals surface area (Å²) in [5.74, 6) is 0.605. The Labute approximate surface area is 115 Å². The lowest BCUT2D eigenvalue weighted by atomic mass is 9.73. The van der Waals surface area contributed by atoms with E-state index in [0.717, 1.165) is 24.3 Å². The van der Waals surface area contributed by atoms with Crippen LogP contribution in [-0.2, 0) is 16.1 Å². The van der Waals surface area contributed by atoms with E-state index in [1.54, 1.807) is 6.92 Å². The largest absolute Gasteiger partial charge is 0.461 e. The summed E-state index contributed by atoms with van der Waals surface area (Å²) < 4.78 is 4.94. The molecule has 0 heterocycles. The summed E-state index contributed by atoms with van der Waals surface area (Å²) in [5, 5.41) is 9.08. The van der Waals surface area contributed by atoms with Crippen molar-refractivity contribution in [3.8, 4) is 0 Å². The van der Waals surface area contributed by atoms with E-state index in [9.17, 15) is 4.79 Å². The molecule has 3 nitrogen and oxygen atoms in total. The van der Waals surface area contributed by atoms with E-state index in [1.165, 1.54) is 0 Å². The highest BCUT2D eigenvalue weighted by Crippen LogP contribution is 2.36. The number of hydrogen-bond donors (Lipinski definition) is 1. The van der Waals surface area contributed by atoms with Crippen molar-refractivity contribution in [3.05, 3.63) is 35.9 Å². The summed E-state index contributed by atoms with van der Waals surface area (Å²) in [6, 6.07) is 9.65.